The maximum absolute atomic E-state index is 13.7. The van der Waals surface area contributed by atoms with Gasteiger partial charge in [0.25, 0.3) is 10.0 Å². The van der Waals surface area contributed by atoms with Gasteiger partial charge in [0.15, 0.2) is 17.2 Å². The quantitative estimate of drug-likeness (QED) is 0.592. The monoisotopic (exact) mass is 485 g/mol. The highest BCUT2D eigenvalue weighted by Crippen LogP contribution is 2.48. The number of carbonyl (C=O) groups is 1. The standard InChI is InChI=1S/C23H16ClNO7S/c1-30-17-10-13(11-18-22(17)32-12-31-18)20-14-6-2-5-9-19(14)33(28,29)25(21(20)23(26)27)16-8-4-3-7-15(16)24/h2-11H,12H2,1H3,(H,26,27). The van der Waals surface area contributed by atoms with Gasteiger partial charge in [-0.25, -0.2) is 17.5 Å². The second-order valence-corrected chi connectivity index (χ2v) is 9.32. The minimum absolute atomic E-state index is 0.0172. The van der Waals surface area contributed by atoms with E-state index in [-0.39, 0.29) is 33.5 Å². The van der Waals surface area contributed by atoms with Crippen molar-refractivity contribution in [1.29, 1.82) is 0 Å². The van der Waals surface area contributed by atoms with E-state index >= 15 is 0 Å². The van der Waals surface area contributed by atoms with Gasteiger partial charge in [-0.2, -0.15) is 0 Å². The van der Waals surface area contributed by atoms with Crippen molar-refractivity contribution in [2.45, 2.75) is 4.90 Å². The van der Waals surface area contributed by atoms with Crippen molar-refractivity contribution in [3.63, 3.8) is 0 Å². The maximum Gasteiger partial charge on any atom is 0.354 e. The number of aliphatic carboxylic acids is 1. The van der Waals surface area contributed by atoms with Crippen molar-refractivity contribution in [3.05, 3.63) is 82.5 Å². The summed E-state index contributed by atoms with van der Waals surface area (Å²) in [5, 5.41) is 10.4. The molecule has 8 nitrogen and oxygen atoms in total. The Balaban J connectivity index is 1.91. The van der Waals surface area contributed by atoms with Gasteiger partial charge in [0.2, 0.25) is 12.5 Å². The molecule has 0 fully saturated rings. The van der Waals surface area contributed by atoms with Crippen LogP contribution in [0, 0.1) is 0 Å². The number of carboxylic acid groups (broad SMARTS) is 1. The topological polar surface area (TPSA) is 102 Å². The van der Waals surface area contributed by atoms with Crippen LogP contribution in [0.1, 0.15) is 11.1 Å². The lowest BCUT2D eigenvalue weighted by Crippen LogP contribution is -2.38. The number of halogens is 1. The van der Waals surface area contributed by atoms with Gasteiger partial charge in [-0.15, -0.1) is 0 Å². The third-order valence-electron chi connectivity index (χ3n) is 5.34. The molecule has 168 valence electrons. The summed E-state index contributed by atoms with van der Waals surface area (Å²) in [7, 11) is -2.85. The molecule has 0 unspecified atom stereocenters. The number of fused-ring (bicyclic) bond motifs is 2. The van der Waals surface area contributed by atoms with Gasteiger partial charge >= 0.3 is 5.97 Å². The summed E-state index contributed by atoms with van der Waals surface area (Å²) >= 11 is 6.32. The lowest BCUT2D eigenvalue weighted by Gasteiger charge is -2.33. The van der Waals surface area contributed by atoms with Gasteiger partial charge in [-0.1, -0.05) is 41.9 Å². The van der Waals surface area contributed by atoms with Crippen molar-refractivity contribution in [2.75, 3.05) is 18.2 Å². The Hall–Kier alpha value is -3.69. The first kappa shape index (κ1) is 21.2. The molecule has 0 spiro atoms. The van der Waals surface area contributed by atoms with Crippen LogP contribution in [0.2, 0.25) is 5.02 Å². The fraction of sp³-hybridized carbons (Fsp3) is 0.0870. The van der Waals surface area contributed by atoms with Crippen molar-refractivity contribution in [1.82, 2.24) is 0 Å². The van der Waals surface area contributed by atoms with Crippen molar-refractivity contribution in [2.24, 2.45) is 0 Å². The number of carboxylic acids is 1. The Morgan fingerprint density at radius 3 is 2.55 bits per heavy atom. The van der Waals surface area contributed by atoms with Crippen LogP contribution in [0.5, 0.6) is 17.2 Å². The van der Waals surface area contributed by atoms with Crippen LogP contribution < -0.4 is 18.5 Å². The van der Waals surface area contributed by atoms with Gasteiger partial charge in [-0.3, -0.25) is 0 Å². The van der Waals surface area contributed by atoms with Crippen LogP contribution in [-0.4, -0.2) is 33.4 Å². The first-order valence-electron chi connectivity index (χ1n) is 9.69. The summed E-state index contributed by atoms with van der Waals surface area (Å²) in [5.74, 6) is -0.373. The summed E-state index contributed by atoms with van der Waals surface area (Å²) < 4.78 is 44.4. The Bertz CT molecular complexity index is 1450. The molecule has 0 aromatic heterocycles. The van der Waals surface area contributed by atoms with E-state index in [2.05, 4.69) is 0 Å². The van der Waals surface area contributed by atoms with Gasteiger partial charge in [0, 0.05) is 11.1 Å². The highest BCUT2D eigenvalue weighted by Gasteiger charge is 2.42. The molecule has 10 heteroatoms. The average molecular weight is 486 g/mol. The maximum atomic E-state index is 13.7. The Morgan fingerprint density at radius 2 is 1.82 bits per heavy atom. The predicted molar refractivity (Wildman–Crippen MR) is 120 cm³/mol. The van der Waals surface area contributed by atoms with Crippen LogP contribution in [0.3, 0.4) is 0 Å². The SMILES string of the molecule is COc1cc(C2=C(C(=O)O)N(c3ccccc3Cl)S(=O)(=O)c3ccccc32)cc2c1OCO2. The fourth-order valence-electron chi connectivity index (χ4n) is 3.97. The third-order valence-corrected chi connectivity index (χ3v) is 7.43. The smallest absolute Gasteiger partial charge is 0.354 e. The zero-order chi connectivity index (χ0) is 23.3. The molecule has 3 aromatic carbocycles. The summed E-state index contributed by atoms with van der Waals surface area (Å²) in [6.45, 7) is -0.0172. The fourth-order valence-corrected chi connectivity index (χ4v) is 5.97. The number of para-hydroxylation sites is 1. The lowest BCUT2D eigenvalue weighted by molar-refractivity contribution is -0.132. The highest BCUT2D eigenvalue weighted by molar-refractivity contribution is 7.93. The van der Waals surface area contributed by atoms with Crippen molar-refractivity contribution >= 4 is 38.9 Å². The normalized spacial score (nSPS) is 15.9. The van der Waals surface area contributed by atoms with Crippen molar-refractivity contribution in [3.8, 4) is 17.2 Å². The Morgan fingerprint density at radius 1 is 1.09 bits per heavy atom. The van der Waals surface area contributed by atoms with Crippen LogP contribution in [0.25, 0.3) is 5.57 Å². The van der Waals surface area contributed by atoms with E-state index in [4.69, 9.17) is 25.8 Å². The van der Waals surface area contributed by atoms with Gasteiger partial charge in [0.1, 0.15) is 0 Å². The van der Waals surface area contributed by atoms with Gasteiger partial charge < -0.3 is 19.3 Å². The molecule has 0 aliphatic carbocycles. The first-order chi connectivity index (χ1) is 15.8. The van der Waals surface area contributed by atoms with E-state index in [1.807, 2.05) is 0 Å². The predicted octanol–water partition coefficient (Wildman–Crippen LogP) is 4.13. The number of hydrogen-bond acceptors (Lipinski definition) is 6. The minimum atomic E-state index is -4.30. The summed E-state index contributed by atoms with van der Waals surface area (Å²) in [5.41, 5.74) is 0.343. The molecule has 1 N–H and O–H groups in total. The molecule has 5 rings (SSSR count). The largest absolute Gasteiger partial charge is 0.493 e. The third kappa shape index (κ3) is 3.20. The van der Waals surface area contributed by atoms with Gasteiger partial charge in [0.05, 0.1) is 22.7 Å². The summed E-state index contributed by atoms with van der Waals surface area (Å²) in [4.78, 5) is 12.6. The molecule has 3 aromatic rings. The number of nitrogens with zero attached hydrogens (tertiary/aromatic N) is 1. The van der Waals surface area contributed by atoms with E-state index < -0.39 is 21.7 Å². The Kier molecular flexibility index (Phi) is 4.95. The molecule has 0 radical (unpaired) electrons. The molecule has 33 heavy (non-hydrogen) atoms. The number of anilines is 1. The molecular formula is C23H16ClNO7S. The number of benzene rings is 3. The highest BCUT2D eigenvalue weighted by atomic mass is 35.5. The lowest BCUT2D eigenvalue weighted by atomic mass is 9.94. The molecule has 2 heterocycles. The summed E-state index contributed by atoms with van der Waals surface area (Å²) in [6, 6.07) is 15.6. The van der Waals surface area contributed by atoms with E-state index in [0.29, 0.717) is 22.8 Å². The number of rotatable bonds is 4. The summed E-state index contributed by atoms with van der Waals surface area (Å²) in [6.07, 6.45) is 0. The average Bonchev–Trinajstić information content (AvgIpc) is 3.27. The van der Waals surface area contributed by atoms with E-state index in [1.165, 1.54) is 25.3 Å². The van der Waals surface area contributed by atoms with Crippen LogP contribution in [0.15, 0.2) is 71.3 Å². The van der Waals surface area contributed by atoms with Crippen LogP contribution in [0.4, 0.5) is 5.69 Å². The van der Waals surface area contributed by atoms with Crippen molar-refractivity contribution < 1.29 is 32.5 Å². The molecular weight excluding hydrogens is 470 g/mol. The molecule has 0 saturated carbocycles. The number of methoxy groups -OCH3 is 1. The molecule has 0 saturated heterocycles. The molecule has 2 aliphatic heterocycles. The molecule has 0 atom stereocenters. The molecule has 2 aliphatic rings. The van der Waals surface area contributed by atoms with E-state index in [0.717, 1.165) is 4.31 Å². The number of ether oxygens (including phenoxy) is 3. The van der Waals surface area contributed by atoms with Crippen LogP contribution in [-0.2, 0) is 14.8 Å². The minimum Gasteiger partial charge on any atom is -0.493 e. The van der Waals surface area contributed by atoms with Gasteiger partial charge in [-0.05, 0) is 35.9 Å². The number of sulfonamides is 1. The Labute approximate surface area is 194 Å². The second-order valence-electron chi connectivity index (χ2n) is 7.16. The van der Waals surface area contributed by atoms with Crippen LogP contribution >= 0.6 is 11.6 Å². The number of hydrogen-bond donors (Lipinski definition) is 1. The second kappa shape index (κ2) is 7.72. The van der Waals surface area contributed by atoms with E-state index in [9.17, 15) is 18.3 Å². The molecule has 0 amide bonds. The zero-order valence-electron chi connectivity index (χ0n) is 17.1. The molecule has 0 bridgehead atoms. The van der Waals surface area contributed by atoms with E-state index in [1.54, 1.807) is 42.5 Å². The zero-order valence-corrected chi connectivity index (χ0v) is 18.7. The first-order valence-corrected chi connectivity index (χ1v) is 11.5.